The summed E-state index contributed by atoms with van der Waals surface area (Å²) in [6.07, 6.45) is 0. The van der Waals surface area contributed by atoms with Gasteiger partial charge in [-0.25, -0.2) is 13.1 Å². The molecule has 0 aliphatic rings. The van der Waals surface area contributed by atoms with Crippen LogP contribution in [0.5, 0.6) is 5.75 Å². The fourth-order valence-electron chi connectivity index (χ4n) is 1.28. The number of hydrogen-bond acceptors (Lipinski definition) is 3. The highest BCUT2D eigenvalue weighted by Crippen LogP contribution is 2.19. The number of nitrogens with one attached hydrogen (secondary N) is 1. The topological polar surface area (TPSA) is 55.4 Å². The van der Waals surface area contributed by atoms with Crippen LogP contribution in [0.25, 0.3) is 0 Å². The van der Waals surface area contributed by atoms with Crippen LogP contribution in [0, 0.1) is 0 Å². The van der Waals surface area contributed by atoms with Gasteiger partial charge in [0.2, 0.25) is 10.0 Å². The van der Waals surface area contributed by atoms with Crippen LogP contribution in [0.2, 0.25) is 0 Å². The van der Waals surface area contributed by atoms with E-state index in [9.17, 15) is 8.42 Å². The zero-order valence-corrected chi connectivity index (χ0v) is 11.5. The van der Waals surface area contributed by atoms with Gasteiger partial charge in [0.05, 0.1) is 7.11 Å². The van der Waals surface area contributed by atoms with Crippen molar-refractivity contribution < 1.29 is 13.2 Å². The number of hydrogen-bond donors (Lipinski definition) is 1. The Morgan fingerprint density at radius 1 is 1.50 bits per heavy atom. The van der Waals surface area contributed by atoms with Crippen LogP contribution in [0.3, 0.4) is 0 Å². The molecule has 0 aromatic heterocycles. The summed E-state index contributed by atoms with van der Waals surface area (Å²) in [5.74, 6) is 0.711. The van der Waals surface area contributed by atoms with E-state index in [-0.39, 0.29) is 10.7 Å². The van der Waals surface area contributed by atoms with Gasteiger partial charge in [-0.05, 0) is 24.6 Å². The first-order valence-electron chi connectivity index (χ1n) is 4.68. The number of benzene rings is 1. The van der Waals surface area contributed by atoms with Crippen LogP contribution in [0.1, 0.15) is 18.5 Å². The van der Waals surface area contributed by atoms with Gasteiger partial charge in [-0.2, -0.15) is 0 Å². The lowest BCUT2D eigenvalue weighted by atomic mass is 10.1. The van der Waals surface area contributed by atoms with Gasteiger partial charge in [-0.1, -0.05) is 28.1 Å². The minimum atomic E-state index is -3.26. The van der Waals surface area contributed by atoms with Crippen molar-refractivity contribution in [3.8, 4) is 5.75 Å². The van der Waals surface area contributed by atoms with Crippen molar-refractivity contribution in [2.24, 2.45) is 0 Å². The molecule has 0 aliphatic heterocycles. The lowest BCUT2D eigenvalue weighted by molar-refractivity contribution is 0.413. The zero-order valence-electron chi connectivity index (χ0n) is 9.10. The van der Waals surface area contributed by atoms with Crippen molar-refractivity contribution in [2.75, 3.05) is 11.8 Å². The minimum absolute atomic E-state index is 0.103. The van der Waals surface area contributed by atoms with Gasteiger partial charge in [0.15, 0.2) is 0 Å². The molecule has 0 saturated carbocycles. The molecule has 0 radical (unpaired) electrons. The van der Waals surface area contributed by atoms with Crippen molar-refractivity contribution in [3.05, 3.63) is 29.8 Å². The summed E-state index contributed by atoms with van der Waals surface area (Å²) in [5.41, 5.74) is 0.865. The quantitative estimate of drug-likeness (QED) is 0.847. The van der Waals surface area contributed by atoms with E-state index in [1.54, 1.807) is 20.1 Å². The lowest BCUT2D eigenvalue weighted by Crippen LogP contribution is -2.27. The predicted octanol–water partition coefficient (Wildman–Crippen LogP) is 2.03. The Bertz CT molecular complexity index is 447. The molecule has 0 amide bonds. The van der Waals surface area contributed by atoms with E-state index in [0.717, 1.165) is 5.56 Å². The molecule has 1 aromatic carbocycles. The Balaban J connectivity index is 2.84. The third kappa shape index (κ3) is 3.77. The molecule has 0 bridgehead atoms. The number of methoxy groups -OCH3 is 1. The van der Waals surface area contributed by atoms with Gasteiger partial charge < -0.3 is 4.74 Å². The van der Waals surface area contributed by atoms with Crippen molar-refractivity contribution in [3.63, 3.8) is 0 Å². The first kappa shape index (κ1) is 13.5. The van der Waals surface area contributed by atoms with Gasteiger partial charge in [-0.15, -0.1) is 0 Å². The average Bonchev–Trinajstić information content (AvgIpc) is 2.28. The van der Waals surface area contributed by atoms with E-state index < -0.39 is 10.0 Å². The Labute approximate surface area is 104 Å². The molecule has 0 unspecified atom stereocenters. The molecule has 0 aliphatic carbocycles. The van der Waals surface area contributed by atoms with Gasteiger partial charge >= 0.3 is 0 Å². The molecule has 0 saturated heterocycles. The molecule has 6 heteroatoms. The first-order valence-corrected chi connectivity index (χ1v) is 7.46. The van der Waals surface area contributed by atoms with E-state index in [0.29, 0.717) is 5.75 Å². The highest BCUT2D eigenvalue weighted by atomic mass is 79.9. The average molecular weight is 308 g/mol. The van der Waals surface area contributed by atoms with Gasteiger partial charge in [0, 0.05) is 6.04 Å². The Hall–Kier alpha value is -0.590. The monoisotopic (exact) mass is 307 g/mol. The van der Waals surface area contributed by atoms with Crippen LogP contribution < -0.4 is 9.46 Å². The smallest absolute Gasteiger partial charge is 0.222 e. The number of alkyl halides is 1. The van der Waals surface area contributed by atoms with E-state index >= 15 is 0 Å². The second kappa shape index (κ2) is 5.65. The van der Waals surface area contributed by atoms with Gasteiger partial charge in [0.1, 0.15) is 10.4 Å². The molecule has 0 heterocycles. The van der Waals surface area contributed by atoms with Crippen LogP contribution in [0.15, 0.2) is 24.3 Å². The summed E-state index contributed by atoms with van der Waals surface area (Å²) in [7, 11) is -1.68. The van der Waals surface area contributed by atoms with Crippen molar-refractivity contribution in [2.45, 2.75) is 13.0 Å². The first-order chi connectivity index (χ1) is 7.48. The maximum absolute atomic E-state index is 11.3. The number of rotatable bonds is 5. The molecular weight excluding hydrogens is 294 g/mol. The summed E-state index contributed by atoms with van der Waals surface area (Å²) in [6.45, 7) is 1.79. The van der Waals surface area contributed by atoms with Crippen LogP contribution in [0.4, 0.5) is 0 Å². The maximum atomic E-state index is 11.3. The summed E-state index contributed by atoms with van der Waals surface area (Å²) < 4.78 is 30.2. The highest BCUT2D eigenvalue weighted by molar-refractivity contribution is 9.10. The summed E-state index contributed by atoms with van der Waals surface area (Å²) in [6, 6.07) is 7.02. The molecular formula is C10H14BrNO3S. The molecule has 16 heavy (non-hydrogen) atoms. The molecule has 1 atom stereocenters. The normalized spacial score (nSPS) is 13.4. The van der Waals surface area contributed by atoms with Gasteiger partial charge in [0.25, 0.3) is 0 Å². The van der Waals surface area contributed by atoms with Gasteiger partial charge in [-0.3, -0.25) is 0 Å². The second-order valence-electron chi connectivity index (χ2n) is 3.34. The molecule has 0 spiro atoms. The molecule has 1 aromatic rings. The van der Waals surface area contributed by atoms with Crippen LogP contribution in [-0.2, 0) is 10.0 Å². The third-order valence-electron chi connectivity index (χ3n) is 2.09. The summed E-state index contributed by atoms with van der Waals surface area (Å²) in [4.78, 5) is 0. The summed E-state index contributed by atoms with van der Waals surface area (Å²) in [5, 5.41) is 0. The second-order valence-corrected chi connectivity index (χ2v) is 6.40. The van der Waals surface area contributed by atoms with Crippen LogP contribution in [-0.4, -0.2) is 20.2 Å². The number of sulfonamides is 1. The summed E-state index contributed by atoms with van der Waals surface area (Å²) >= 11 is 2.92. The fourth-order valence-corrected chi connectivity index (χ4v) is 2.41. The molecule has 1 rings (SSSR count). The van der Waals surface area contributed by atoms with E-state index in [1.807, 2.05) is 18.2 Å². The highest BCUT2D eigenvalue weighted by Gasteiger charge is 2.14. The Morgan fingerprint density at radius 3 is 2.75 bits per heavy atom. The Morgan fingerprint density at radius 2 is 2.19 bits per heavy atom. The zero-order chi connectivity index (χ0) is 12.2. The van der Waals surface area contributed by atoms with Crippen LogP contribution >= 0.6 is 15.9 Å². The molecule has 1 N–H and O–H groups in total. The van der Waals surface area contributed by atoms with Crippen molar-refractivity contribution >= 4 is 26.0 Å². The van der Waals surface area contributed by atoms with Crippen molar-refractivity contribution in [1.29, 1.82) is 0 Å². The Kier molecular flexibility index (Phi) is 4.76. The number of halogens is 1. The molecule has 90 valence electrons. The standard InChI is InChI=1S/C10H14BrNO3S/c1-8(12-16(13,14)7-11)9-4-3-5-10(6-9)15-2/h3-6,8,12H,7H2,1-2H3/t8-/m1/s1. The van der Waals surface area contributed by atoms with E-state index in [4.69, 9.17) is 4.74 Å². The predicted molar refractivity (Wildman–Crippen MR) is 67.3 cm³/mol. The fraction of sp³-hybridized carbons (Fsp3) is 0.400. The minimum Gasteiger partial charge on any atom is -0.497 e. The van der Waals surface area contributed by atoms with Crippen molar-refractivity contribution in [1.82, 2.24) is 4.72 Å². The SMILES string of the molecule is COc1cccc([C@@H](C)NS(=O)(=O)CBr)c1. The van der Waals surface area contributed by atoms with E-state index in [2.05, 4.69) is 20.7 Å². The van der Waals surface area contributed by atoms with E-state index in [1.165, 1.54) is 0 Å². The largest absolute Gasteiger partial charge is 0.497 e. The maximum Gasteiger partial charge on any atom is 0.222 e. The molecule has 4 nitrogen and oxygen atoms in total. The third-order valence-corrected chi connectivity index (χ3v) is 4.90. The lowest BCUT2D eigenvalue weighted by Gasteiger charge is -2.14. The molecule has 0 fully saturated rings. The number of ether oxygens (including phenoxy) is 1.